The molecule has 0 unspecified atom stereocenters. The van der Waals surface area contributed by atoms with Gasteiger partial charge >= 0.3 is 0 Å². The third-order valence-electron chi connectivity index (χ3n) is 5.92. The van der Waals surface area contributed by atoms with E-state index in [4.69, 9.17) is 0 Å². The van der Waals surface area contributed by atoms with Crippen molar-refractivity contribution in [2.24, 2.45) is 0 Å². The summed E-state index contributed by atoms with van der Waals surface area (Å²) in [5.74, 6) is -1.56. The Kier molecular flexibility index (Phi) is 10.4. The minimum Gasteiger partial charge on any atom is -0.354 e. The van der Waals surface area contributed by atoms with Gasteiger partial charge in [0.2, 0.25) is 21.8 Å². The minimum absolute atomic E-state index is 0.171. The smallest absolute Gasteiger partial charge is 0.244 e. The number of amides is 2. The monoisotopic (exact) mass is 603 g/mol. The predicted octanol–water partition coefficient (Wildman–Crippen LogP) is 4.52. The fourth-order valence-electron chi connectivity index (χ4n) is 3.98. The van der Waals surface area contributed by atoms with Crippen LogP contribution in [0.2, 0.25) is 0 Å². The molecule has 202 valence electrons. The summed E-state index contributed by atoms with van der Waals surface area (Å²) in [5, 5.41) is 2.85. The molecular formula is C28H31BrFN3O4S. The average molecular weight is 605 g/mol. The molecule has 38 heavy (non-hydrogen) atoms. The third-order valence-corrected chi connectivity index (χ3v) is 7.72. The van der Waals surface area contributed by atoms with Crippen molar-refractivity contribution in [3.8, 4) is 0 Å². The molecule has 0 radical (unpaired) electrons. The molecule has 2 amide bonds. The van der Waals surface area contributed by atoms with E-state index in [0.717, 1.165) is 16.1 Å². The van der Waals surface area contributed by atoms with Gasteiger partial charge in [0.1, 0.15) is 18.4 Å². The summed E-state index contributed by atoms with van der Waals surface area (Å²) in [6.07, 6.45) is 1.87. The third kappa shape index (κ3) is 7.88. The van der Waals surface area contributed by atoms with E-state index in [9.17, 15) is 22.4 Å². The average Bonchev–Trinajstić information content (AvgIpc) is 2.89. The quantitative estimate of drug-likeness (QED) is 0.330. The lowest BCUT2D eigenvalue weighted by Gasteiger charge is -2.33. The Labute approximate surface area is 231 Å². The maximum Gasteiger partial charge on any atom is 0.244 e. The number of hydrogen-bond acceptors (Lipinski definition) is 4. The van der Waals surface area contributed by atoms with Crippen molar-refractivity contribution in [3.63, 3.8) is 0 Å². The molecule has 0 bridgehead atoms. The van der Waals surface area contributed by atoms with Gasteiger partial charge in [0.25, 0.3) is 0 Å². The number of carbonyl (C=O) groups is 2. The second-order valence-corrected chi connectivity index (χ2v) is 11.6. The summed E-state index contributed by atoms with van der Waals surface area (Å²) in [4.78, 5) is 28.6. The Bertz CT molecular complexity index is 1350. The molecule has 1 N–H and O–H groups in total. The van der Waals surface area contributed by atoms with E-state index < -0.39 is 40.2 Å². The summed E-state index contributed by atoms with van der Waals surface area (Å²) in [7, 11) is -3.89. The highest BCUT2D eigenvalue weighted by Crippen LogP contribution is 2.28. The molecule has 3 aromatic rings. The van der Waals surface area contributed by atoms with Crippen LogP contribution in [0.25, 0.3) is 0 Å². The normalized spacial score (nSPS) is 12.0. The molecule has 0 aromatic heterocycles. The molecule has 10 heteroatoms. The van der Waals surface area contributed by atoms with Gasteiger partial charge in [-0.25, -0.2) is 12.8 Å². The molecule has 7 nitrogen and oxygen atoms in total. The van der Waals surface area contributed by atoms with Gasteiger partial charge in [-0.1, -0.05) is 67.6 Å². The van der Waals surface area contributed by atoms with Crippen LogP contribution in [0.15, 0.2) is 83.3 Å². The summed E-state index contributed by atoms with van der Waals surface area (Å²) in [6.45, 7) is 1.53. The summed E-state index contributed by atoms with van der Waals surface area (Å²) < 4.78 is 41.8. The first-order chi connectivity index (χ1) is 18.1. The number of sulfonamides is 1. The number of para-hydroxylation sites is 1. The van der Waals surface area contributed by atoms with Crippen LogP contribution < -0.4 is 9.62 Å². The second-order valence-electron chi connectivity index (χ2n) is 8.83. The maximum absolute atomic E-state index is 14.7. The van der Waals surface area contributed by atoms with Crippen molar-refractivity contribution in [3.05, 3.63) is 100 Å². The van der Waals surface area contributed by atoms with E-state index in [2.05, 4.69) is 21.2 Å². The molecular weight excluding hydrogens is 573 g/mol. The van der Waals surface area contributed by atoms with E-state index in [1.54, 1.807) is 42.5 Å². The van der Waals surface area contributed by atoms with E-state index in [0.29, 0.717) is 17.4 Å². The largest absolute Gasteiger partial charge is 0.354 e. The van der Waals surface area contributed by atoms with E-state index in [1.165, 1.54) is 11.0 Å². The van der Waals surface area contributed by atoms with Gasteiger partial charge < -0.3 is 10.2 Å². The van der Waals surface area contributed by atoms with Crippen LogP contribution >= 0.6 is 15.9 Å². The highest BCUT2D eigenvalue weighted by Gasteiger charge is 2.33. The predicted molar refractivity (Wildman–Crippen MR) is 151 cm³/mol. The molecule has 0 saturated carbocycles. The van der Waals surface area contributed by atoms with Crippen LogP contribution in [0.5, 0.6) is 0 Å². The van der Waals surface area contributed by atoms with Crippen molar-refractivity contribution in [1.29, 1.82) is 0 Å². The molecule has 0 fully saturated rings. The van der Waals surface area contributed by atoms with Crippen LogP contribution in [-0.2, 0) is 32.6 Å². The lowest BCUT2D eigenvalue weighted by Crippen LogP contribution is -2.53. The molecule has 0 aliphatic rings. The lowest BCUT2D eigenvalue weighted by atomic mass is 10.0. The Morgan fingerprint density at radius 2 is 1.61 bits per heavy atom. The van der Waals surface area contributed by atoms with Crippen LogP contribution in [-0.4, -0.2) is 50.5 Å². The maximum atomic E-state index is 14.7. The summed E-state index contributed by atoms with van der Waals surface area (Å²) >= 11 is 3.36. The van der Waals surface area contributed by atoms with E-state index in [-0.39, 0.29) is 24.2 Å². The first kappa shape index (κ1) is 29.3. The molecule has 0 aliphatic heterocycles. The first-order valence-corrected chi connectivity index (χ1v) is 14.8. The molecule has 0 saturated heterocycles. The first-order valence-electron chi connectivity index (χ1n) is 12.2. The molecule has 3 aromatic carbocycles. The lowest BCUT2D eigenvalue weighted by molar-refractivity contribution is -0.140. The zero-order chi connectivity index (χ0) is 27.7. The van der Waals surface area contributed by atoms with E-state index >= 15 is 0 Å². The van der Waals surface area contributed by atoms with Crippen LogP contribution in [0.4, 0.5) is 10.1 Å². The number of anilines is 1. The standard InChI is InChI=1S/C28H31BrFN3O4S/c1-3-17-31-28(35)26(18-21-11-5-4-6-12-21)32(19-22-13-7-9-15-24(22)30)27(34)20-33(38(2,36)37)25-16-10-8-14-23(25)29/h4-16,26H,3,17-20H2,1-2H3,(H,31,35)/t26-/m0/s1. The number of nitrogens with zero attached hydrogens (tertiary/aromatic N) is 2. The number of rotatable bonds is 12. The van der Waals surface area contributed by atoms with Gasteiger partial charge in [0.15, 0.2) is 0 Å². The number of carbonyl (C=O) groups excluding carboxylic acids is 2. The Hall–Kier alpha value is -3.24. The molecule has 3 rings (SSSR count). The van der Waals surface area contributed by atoms with Gasteiger partial charge in [-0.05, 0) is 46.1 Å². The van der Waals surface area contributed by atoms with Gasteiger partial charge in [-0.2, -0.15) is 0 Å². The zero-order valence-corrected chi connectivity index (χ0v) is 23.7. The number of nitrogens with one attached hydrogen (secondary N) is 1. The van der Waals surface area contributed by atoms with Gasteiger partial charge in [0, 0.05) is 29.5 Å². The second kappa shape index (κ2) is 13.5. The molecule has 0 heterocycles. The fraction of sp³-hybridized carbons (Fsp3) is 0.286. The highest BCUT2D eigenvalue weighted by molar-refractivity contribution is 9.10. The summed E-state index contributed by atoms with van der Waals surface area (Å²) in [5.41, 5.74) is 1.31. The fourth-order valence-corrected chi connectivity index (χ4v) is 5.46. The Balaban J connectivity index is 2.06. The highest BCUT2D eigenvalue weighted by atomic mass is 79.9. The molecule has 0 spiro atoms. The van der Waals surface area contributed by atoms with Gasteiger partial charge in [-0.15, -0.1) is 0 Å². The molecule has 1 atom stereocenters. The van der Waals surface area contributed by atoms with E-state index in [1.807, 2.05) is 37.3 Å². The van der Waals surface area contributed by atoms with Gasteiger partial charge in [0.05, 0.1) is 11.9 Å². The molecule has 0 aliphatic carbocycles. The van der Waals surface area contributed by atoms with Crippen LogP contribution in [0.1, 0.15) is 24.5 Å². The van der Waals surface area contributed by atoms with Crippen molar-refractivity contribution in [2.75, 3.05) is 23.7 Å². The van der Waals surface area contributed by atoms with Gasteiger partial charge in [-0.3, -0.25) is 13.9 Å². The summed E-state index contributed by atoms with van der Waals surface area (Å²) in [6, 6.07) is 20.8. The zero-order valence-electron chi connectivity index (χ0n) is 21.3. The van der Waals surface area contributed by atoms with Crippen molar-refractivity contribution in [1.82, 2.24) is 10.2 Å². The van der Waals surface area contributed by atoms with Crippen molar-refractivity contribution >= 4 is 43.5 Å². The van der Waals surface area contributed by atoms with Crippen LogP contribution in [0, 0.1) is 5.82 Å². The number of benzene rings is 3. The minimum atomic E-state index is -3.89. The SMILES string of the molecule is CCCNC(=O)[C@H](Cc1ccccc1)N(Cc1ccccc1F)C(=O)CN(c1ccccc1Br)S(C)(=O)=O. The topological polar surface area (TPSA) is 86.8 Å². The van der Waals surface area contributed by atoms with Crippen molar-refractivity contribution < 1.29 is 22.4 Å². The van der Waals surface area contributed by atoms with Crippen LogP contribution in [0.3, 0.4) is 0 Å². The number of hydrogen-bond donors (Lipinski definition) is 1. The Morgan fingerprint density at radius 3 is 2.24 bits per heavy atom. The number of halogens is 2. The van der Waals surface area contributed by atoms with Crippen molar-refractivity contribution in [2.45, 2.75) is 32.4 Å². The Morgan fingerprint density at radius 1 is 0.974 bits per heavy atom.